The van der Waals surface area contributed by atoms with Crippen LogP contribution in [0, 0.1) is 5.92 Å². The topological polar surface area (TPSA) is 27.7 Å². The van der Waals surface area contributed by atoms with Crippen molar-refractivity contribution in [1.29, 1.82) is 0 Å². The van der Waals surface area contributed by atoms with Gasteiger partial charge in [0.15, 0.2) is 0 Å². The second-order valence-corrected chi connectivity index (χ2v) is 7.36. The molecule has 1 N–H and O–H groups in total. The fraction of sp³-hybridized carbons (Fsp3) is 0.684. The van der Waals surface area contributed by atoms with Gasteiger partial charge in [0.1, 0.15) is 0 Å². The first-order valence-corrected chi connectivity index (χ1v) is 9.21. The van der Waals surface area contributed by atoms with Crippen LogP contribution in [0.4, 0.5) is 0 Å². The first kappa shape index (κ1) is 18.2. The van der Waals surface area contributed by atoms with Crippen molar-refractivity contribution >= 4 is 12.4 Å². The minimum atomic E-state index is 0. The molecule has 0 bridgehead atoms. The quantitative estimate of drug-likeness (QED) is 0.898. The van der Waals surface area contributed by atoms with Gasteiger partial charge in [-0.25, -0.2) is 0 Å². The molecule has 0 radical (unpaired) electrons. The molecule has 0 saturated carbocycles. The third-order valence-corrected chi connectivity index (χ3v) is 5.64. The van der Waals surface area contributed by atoms with E-state index >= 15 is 0 Å². The van der Waals surface area contributed by atoms with Crippen molar-refractivity contribution in [2.45, 2.75) is 31.5 Å². The van der Waals surface area contributed by atoms with Crippen LogP contribution in [0.5, 0.6) is 0 Å². The molecule has 1 aromatic carbocycles. The van der Waals surface area contributed by atoms with E-state index in [2.05, 4.69) is 45.4 Å². The summed E-state index contributed by atoms with van der Waals surface area (Å²) in [5, 5.41) is 3.54. The van der Waals surface area contributed by atoms with Gasteiger partial charge in [-0.1, -0.05) is 30.3 Å². The van der Waals surface area contributed by atoms with Crippen LogP contribution in [0.1, 0.15) is 18.4 Å². The summed E-state index contributed by atoms with van der Waals surface area (Å²) in [6, 6.07) is 11.4. The van der Waals surface area contributed by atoms with Crippen LogP contribution >= 0.6 is 12.4 Å². The number of hydrogen-bond acceptors (Lipinski definition) is 4. The summed E-state index contributed by atoms with van der Waals surface area (Å²) in [5.41, 5.74) is 1.42. The van der Waals surface area contributed by atoms with Crippen LogP contribution in [0.15, 0.2) is 30.3 Å². The van der Waals surface area contributed by atoms with E-state index in [9.17, 15) is 0 Å². The molecule has 3 fully saturated rings. The minimum Gasteiger partial charge on any atom is -0.374 e. The van der Waals surface area contributed by atoms with Crippen LogP contribution in [0.2, 0.25) is 0 Å². The van der Waals surface area contributed by atoms with E-state index in [0.29, 0.717) is 12.1 Å². The normalized spacial score (nSPS) is 31.4. The maximum atomic E-state index is 6.09. The monoisotopic (exact) mass is 351 g/mol. The number of rotatable bonds is 4. The largest absolute Gasteiger partial charge is 0.374 e. The fourth-order valence-electron chi connectivity index (χ4n) is 4.44. The highest BCUT2D eigenvalue weighted by Gasteiger charge is 2.40. The van der Waals surface area contributed by atoms with E-state index < -0.39 is 0 Å². The Labute approximate surface area is 151 Å². The molecular weight excluding hydrogens is 322 g/mol. The number of ether oxygens (including phenoxy) is 1. The van der Waals surface area contributed by atoms with Gasteiger partial charge in [-0.3, -0.25) is 9.80 Å². The van der Waals surface area contributed by atoms with Gasteiger partial charge in [-0.05, 0) is 37.4 Å². The summed E-state index contributed by atoms with van der Waals surface area (Å²) >= 11 is 0. The van der Waals surface area contributed by atoms with E-state index in [1.54, 1.807) is 0 Å². The van der Waals surface area contributed by atoms with Crippen LogP contribution in [0.3, 0.4) is 0 Å². The Bertz CT molecular complexity index is 495. The maximum absolute atomic E-state index is 6.09. The van der Waals surface area contributed by atoms with Crippen molar-refractivity contribution in [1.82, 2.24) is 15.1 Å². The third-order valence-electron chi connectivity index (χ3n) is 5.64. The summed E-state index contributed by atoms with van der Waals surface area (Å²) in [6.07, 6.45) is 3.12. The van der Waals surface area contributed by atoms with E-state index in [1.165, 1.54) is 44.6 Å². The maximum Gasteiger partial charge on any atom is 0.0870 e. The second kappa shape index (κ2) is 8.63. The first-order chi connectivity index (χ1) is 11.4. The Kier molecular flexibility index (Phi) is 6.53. The molecule has 4 nitrogen and oxygen atoms in total. The lowest BCUT2D eigenvalue weighted by molar-refractivity contribution is -0.0504. The second-order valence-electron chi connectivity index (χ2n) is 7.36. The van der Waals surface area contributed by atoms with Crippen molar-refractivity contribution in [3.63, 3.8) is 0 Å². The van der Waals surface area contributed by atoms with E-state index in [-0.39, 0.29) is 12.4 Å². The Morgan fingerprint density at radius 1 is 1.17 bits per heavy atom. The van der Waals surface area contributed by atoms with Crippen molar-refractivity contribution < 1.29 is 4.74 Å². The van der Waals surface area contributed by atoms with Crippen LogP contribution < -0.4 is 5.32 Å². The zero-order chi connectivity index (χ0) is 15.5. The SMILES string of the molecule is Cl.c1ccc(CN2CCO[C@H]3CN(CC4CCCNC4)C[C@H]32)cc1. The molecule has 0 aliphatic carbocycles. The molecule has 1 aromatic rings. The average Bonchev–Trinajstić information content (AvgIpc) is 3.00. The number of piperidine rings is 1. The summed E-state index contributed by atoms with van der Waals surface area (Å²) in [7, 11) is 0. The molecule has 3 atom stereocenters. The van der Waals surface area contributed by atoms with E-state index in [0.717, 1.165) is 32.2 Å². The van der Waals surface area contributed by atoms with Gasteiger partial charge >= 0.3 is 0 Å². The molecule has 134 valence electrons. The number of hydrogen-bond donors (Lipinski definition) is 1. The summed E-state index contributed by atoms with van der Waals surface area (Å²) < 4.78 is 6.09. The van der Waals surface area contributed by atoms with Gasteiger partial charge < -0.3 is 10.1 Å². The Balaban J connectivity index is 0.00000169. The van der Waals surface area contributed by atoms with E-state index in [1.807, 2.05) is 0 Å². The molecule has 0 aromatic heterocycles. The molecule has 5 heteroatoms. The van der Waals surface area contributed by atoms with Gasteiger partial charge in [0.05, 0.1) is 18.8 Å². The average molecular weight is 352 g/mol. The zero-order valence-electron chi connectivity index (χ0n) is 14.4. The number of morpholine rings is 1. The van der Waals surface area contributed by atoms with Gasteiger partial charge in [0.2, 0.25) is 0 Å². The number of fused-ring (bicyclic) bond motifs is 1. The highest BCUT2D eigenvalue weighted by atomic mass is 35.5. The zero-order valence-corrected chi connectivity index (χ0v) is 15.2. The molecular formula is C19H30ClN3O. The fourth-order valence-corrected chi connectivity index (χ4v) is 4.44. The van der Waals surface area contributed by atoms with Crippen LogP contribution in [-0.4, -0.2) is 67.8 Å². The van der Waals surface area contributed by atoms with Gasteiger partial charge in [0, 0.05) is 32.7 Å². The van der Waals surface area contributed by atoms with Crippen molar-refractivity contribution in [3.05, 3.63) is 35.9 Å². The number of likely N-dealkylation sites (tertiary alicyclic amines) is 1. The van der Waals surface area contributed by atoms with Crippen molar-refractivity contribution in [2.24, 2.45) is 5.92 Å². The summed E-state index contributed by atoms with van der Waals surface area (Å²) in [6.45, 7) is 8.94. The Morgan fingerprint density at radius 3 is 2.83 bits per heavy atom. The number of nitrogens with one attached hydrogen (secondary N) is 1. The van der Waals surface area contributed by atoms with Gasteiger partial charge in [-0.2, -0.15) is 0 Å². The number of benzene rings is 1. The Morgan fingerprint density at radius 2 is 2.04 bits per heavy atom. The van der Waals surface area contributed by atoms with Crippen molar-refractivity contribution in [2.75, 3.05) is 45.9 Å². The predicted octanol–water partition coefficient (Wildman–Crippen LogP) is 1.99. The molecule has 1 unspecified atom stereocenters. The highest BCUT2D eigenvalue weighted by molar-refractivity contribution is 5.85. The minimum absolute atomic E-state index is 0. The lowest BCUT2D eigenvalue weighted by atomic mass is 9.99. The highest BCUT2D eigenvalue weighted by Crippen LogP contribution is 2.26. The van der Waals surface area contributed by atoms with Crippen LogP contribution in [-0.2, 0) is 11.3 Å². The standard InChI is InChI=1S/C19H29N3O.ClH/c1-2-5-16(6-3-1)13-22-9-10-23-19-15-21(14-18(19)22)12-17-7-4-8-20-11-17;/h1-3,5-6,17-20H,4,7-15H2;1H/t17?,18-,19+;/m1./s1. The third kappa shape index (κ3) is 4.30. The predicted molar refractivity (Wildman–Crippen MR) is 99.7 cm³/mol. The van der Waals surface area contributed by atoms with E-state index in [4.69, 9.17) is 4.74 Å². The smallest absolute Gasteiger partial charge is 0.0870 e. The molecule has 4 rings (SSSR count). The molecule has 3 heterocycles. The summed E-state index contributed by atoms with van der Waals surface area (Å²) in [4.78, 5) is 5.29. The Hall–Kier alpha value is -0.650. The molecule has 3 aliphatic heterocycles. The molecule has 24 heavy (non-hydrogen) atoms. The summed E-state index contributed by atoms with van der Waals surface area (Å²) in [5.74, 6) is 0.825. The number of halogens is 1. The molecule has 3 saturated heterocycles. The molecule has 0 spiro atoms. The lowest BCUT2D eigenvalue weighted by Gasteiger charge is -2.37. The lowest BCUT2D eigenvalue weighted by Crippen LogP contribution is -2.50. The van der Waals surface area contributed by atoms with Gasteiger partial charge in [-0.15, -0.1) is 12.4 Å². The van der Waals surface area contributed by atoms with Crippen molar-refractivity contribution in [3.8, 4) is 0 Å². The van der Waals surface area contributed by atoms with Gasteiger partial charge in [0.25, 0.3) is 0 Å². The number of nitrogens with zero attached hydrogens (tertiary/aromatic N) is 2. The van der Waals surface area contributed by atoms with Crippen LogP contribution in [0.25, 0.3) is 0 Å². The first-order valence-electron chi connectivity index (χ1n) is 9.21. The molecule has 3 aliphatic rings. The molecule has 0 amide bonds.